The minimum absolute atomic E-state index is 0.139. The van der Waals surface area contributed by atoms with Crippen LogP contribution in [0.4, 0.5) is 4.79 Å². The van der Waals surface area contributed by atoms with Crippen LogP contribution >= 0.6 is 0 Å². The molecule has 0 aromatic carbocycles. The van der Waals surface area contributed by atoms with Crippen molar-refractivity contribution in [3.63, 3.8) is 0 Å². The Morgan fingerprint density at radius 2 is 1.89 bits per heavy atom. The first-order valence-corrected chi connectivity index (χ1v) is 7.63. The van der Waals surface area contributed by atoms with Gasteiger partial charge < -0.3 is 15.0 Å². The summed E-state index contributed by atoms with van der Waals surface area (Å²) in [6.07, 6.45) is 4.87. The van der Waals surface area contributed by atoms with Gasteiger partial charge in [0.1, 0.15) is 5.60 Å². The maximum absolute atomic E-state index is 12.0. The highest BCUT2D eigenvalue weighted by molar-refractivity contribution is 5.68. The van der Waals surface area contributed by atoms with Gasteiger partial charge in [-0.1, -0.05) is 0 Å². The van der Waals surface area contributed by atoms with Crippen molar-refractivity contribution < 1.29 is 9.53 Å². The molecule has 1 amide bonds. The van der Waals surface area contributed by atoms with E-state index in [0.717, 1.165) is 38.5 Å². The molecule has 2 aliphatic rings. The first-order chi connectivity index (χ1) is 8.94. The Morgan fingerprint density at radius 3 is 2.53 bits per heavy atom. The summed E-state index contributed by atoms with van der Waals surface area (Å²) in [5.41, 5.74) is -0.385. The van der Waals surface area contributed by atoms with Gasteiger partial charge in [-0.05, 0) is 71.4 Å². The molecule has 4 nitrogen and oxygen atoms in total. The summed E-state index contributed by atoms with van der Waals surface area (Å²) in [4.78, 5) is 13.9. The fourth-order valence-electron chi connectivity index (χ4n) is 3.11. The molecule has 2 aliphatic heterocycles. The van der Waals surface area contributed by atoms with E-state index in [2.05, 4.69) is 5.32 Å². The van der Waals surface area contributed by atoms with Crippen molar-refractivity contribution in [1.29, 1.82) is 0 Å². The molecule has 0 aliphatic carbocycles. The molecule has 0 spiro atoms. The lowest BCUT2D eigenvalue weighted by molar-refractivity contribution is 0.0286. The summed E-state index contributed by atoms with van der Waals surface area (Å²) in [5.74, 6) is 1.53. The highest BCUT2D eigenvalue weighted by Crippen LogP contribution is 2.28. The van der Waals surface area contributed by atoms with Gasteiger partial charge in [-0.25, -0.2) is 4.79 Å². The summed E-state index contributed by atoms with van der Waals surface area (Å²) in [5, 5.41) is 3.41. The molecule has 2 fully saturated rings. The Bertz CT molecular complexity index is 306. The molecule has 1 N–H and O–H groups in total. The SMILES string of the molecule is CC(C)(C)OC(=O)N1CCC(CC2CCNCC2)C1. The van der Waals surface area contributed by atoms with Crippen molar-refractivity contribution in [3.05, 3.63) is 0 Å². The van der Waals surface area contributed by atoms with E-state index in [1.807, 2.05) is 25.7 Å². The first kappa shape index (κ1) is 14.6. The molecule has 110 valence electrons. The molecule has 4 heteroatoms. The van der Waals surface area contributed by atoms with Crippen LogP contribution in [0.3, 0.4) is 0 Å². The zero-order chi connectivity index (χ0) is 13.9. The second-order valence-corrected chi connectivity index (χ2v) is 7.01. The van der Waals surface area contributed by atoms with Crippen molar-refractivity contribution in [3.8, 4) is 0 Å². The fraction of sp³-hybridized carbons (Fsp3) is 0.933. The van der Waals surface area contributed by atoms with Crippen LogP contribution in [0.15, 0.2) is 0 Å². The second kappa shape index (κ2) is 6.12. The highest BCUT2D eigenvalue weighted by Gasteiger charge is 2.31. The van der Waals surface area contributed by atoms with Gasteiger partial charge in [0.2, 0.25) is 0 Å². The smallest absolute Gasteiger partial charge is 0.410 e. The molecule has 2 saturated heterocycles. The molecule has 0 bridgehead atoms. The molecule has 0 aromatic heterocycles. The highest BCUT2D eigenvalue weighted by atomic mass is 16.6. The Hall–Kier alpha value is -0.770. The average molecular weight is 268 g/mol. The quantitative estimate of drug-likeness (QED) is 0.837. The van der Waals surface area contributed by atoms with E-state index >= 15 is 0 Å². The van der Waals surface area contributed by atoms with Crippen molar-refractivity contribution in [2.45, 2.75) is 52.1 Å². The molecule has 1 atom stereocenters. The van der Waals surface area contributed by atoms with Gasteiger partial charge in [0, 0.05) is 13.1 Å². The van der Waals surface area contributed by atoms with Crippen molar-refractivity contribution in [1.82, 2.24) is 10.2 Å². The normalized spacial score (nSPS) is 25.6. The van der Waals surface area contributed by atoms with Crippen LogP contribution in [0.5, 0.6) is 0 Å². The van der Waals surface area contributed by atoms with Crippen LogP contribution in [0.25, 0.3) is 0 Å². The molecule has 0 saturated carbocycles. The van der Waals surface area contributed by atoms with Crippen LogP contribution in [-0.4, -0.2) is 42.8 Å². The van der Waals surface area contributed by atoms with Crippen LogP contribution < -0.4 is 5.32 Å². The lowest BCUT2D eigenvalue weighted by atomic mass is 9.87. The molecular weight excluding hydrogens is 240 g/mol. The minimum Gasteiger partial charge on any atom is -0.444 e. The largest absolute Gasteiger partial charge is 0.444 e. The topological polar surface area (TPSA) is 41.6 Å². The third kappa shape index (κ3) is 4.68. The van der Waals surface area contributed by atoms with Crippen LogP contribution in [-0.2, 0) is 4.74 Å². The van der Waals surface area contributed by atoms with Gasteiger partial charge in [0.25, 0.3) is 0 Å². The Labute approximate surface area is 116 Å². The van der Waals surface area contributed by atoms with Gasteiger partial charge in [-0.3, -0.25) is 0 Å². The number of hydrogen-bond donors (Lipinski definition) is 1. The minimum atomic E-state index is -0.385. The molecule has 2 heterocycles. The summed E-state index contributed by atoms with van der Waals surface area (Å²) < 4.78 is 5.44. The maximum atomic E-state index is 12.0. The summed E-state index contributed by atoms with van der Waals surface area (Å²) in [6.45, 7) is 9.85. The van der Waals surface area contributed by atoms with E-state index in [1.54, 1.807) is 0 Å². The molecule has 1 unspecified atom stereocenters. The third-order valence-corrected chi connectivity index (χ3v) is 4.06. The number of amides is 1. The second-order valence-electron chi connectivity index (χ2n) is 7.01. The van der Waals surface area contributed by atoms with Crippen LogP contribution in [0.2, 0.25) is 0 Å². The van der Waals surface area contributed by atoms with Gasteiger partial charge in [-0.2, -0.15) is 0 Å². The monoisotopic (exact) mass is 268 g/mol. The molecule has 19 heavy (non-hydrogen) atoms. The zero-order valence-electron chi connectivity index (χ0n) is 12.6. The summed E-state index contributed by atoms with van der Waals surface area (Å²) in [6, 6.07) is 0. The van der Waals surface area contributed by atoms with Gasteiger partial charge >= 0.3 is 6.09 Å². The summed E-state index contributed by atoms with van der Waals surface area (Å²) >= 11 is 0. The summed E-state index contributed by atoms with van der Waals surface area (Å²) in [7, 11) is 0. The molecule has 0 aromatic rings. The maximum Gasteiger partial charge on any atom is 0.410 e. The van der Waals surface area contributed by atoms with E-state index in [9.17, 15) is 4.79 Å². The Morgan fingerprint density at radius 1 is 1.21 bits per heavy atom. The first-order valence-electron chi connectivity index (χ1n) is 7.63. The number of carbonyl (C=O) groups is 1. The number of rotatable bonds is 2. The van der Waals surface area contributed by atoms with Crippen molar-refractivity contribution in [2.24, 2.45) is 11.8 Å². The Balaban J connectivity index is 1.74. The number of carbonyl (C=O) groups excluding carboxylic acids is 1. The lowest BCUT2D eigenvalue weighted by Crippen LogP contribution is -2.35. The Kier molecular flexibility index (Phi) is 4.71. The predicted molar refractivity (Wildman–Crippen MR) is 76.1 cm³/mol. The van der Waals surface area contributed by atoms with E-state index < -0.39 is 0 Å². The molecular formula is C15H28N2O2. The third-order valence-electron chi connectivity index (χ3n) is 4.06. The van der Waals surface area contributed by atoms with Gasteiger partial charge in [-0.15, -0.1) is 0 Å². The lowest BCUT2D eigenvalue weighted by Gasteiger charge is -2.26. The van der Waals surface area contributed by atoms with Gasteiger partial charge in [0.15, 0.2) is 0 Å². The van der Waals surface area contributed by atoms with Crippen LogP contribution in [0.1, 0.15) is 46.5 Å². The molecule has 2 rings (SSSR count). The fourth-order valence-corrected chi connectivity index (χ4v) is 3.11. The number of hydrogen-bond acceptors (Lipinski definition) is 3. The van der Waals surface area contributed by atoms with Gasteiger partial charge in [0.05, 0.1) is 0 Å². The number of piperidine rings is 1. The van der Waals surface area contributed by atoms with E-state index in [1.165, 1.54) is 19.3 Å². The standard InChI is InChI=1S/C15H28N2O2/c1-15(2,3)19-14(18)17-9-6-13(11-17)10-12-4-7-16-8-5-12/h12-13,16H,4-11H2,1-3H3. The van der Waals surface area contributed by atoms with E-state index in [-0.39, 0.29) is 11.7 Å². The average Bonchev–Trinajstić information content (AvgIpc) is 2.77. The van der Waals surface area contributed by atoms with E-state index in [0.29, 0.717) is 5.92 Å². The van der Waals surface area contributed by atoms with E-state index in [4.69, 9.17) is 4.74 Å². The zero-order valence-corrected chi connectivity index (χ0v) is 12.6. The van der Waals surface area contributed by atoms with Crippen molar-refractivity contribution >= 4 is 6.09 Å². The predicted octanol–water partition coefficient (Wildman–Crippen LogP) is 2.63. The number of nitrogens with one attached hydrogen (secondary N) is 1. The number of nitrogens with zero attached hydrogens (tertiary/aromatic N) is 1. The molecule has 0 radical (unpaired) electrons. The number of likely N-dealkylation sites (tertiary alicyclic amines) is 1. The number of ether oxygens (including phenoxy) is 1. The van der Waals surface area contributed by atoms with Crippen molar-refractivity contribution in [2.75, 3.05) is 26.2 Å². The van der Waals surface area contributed by atoms with Crippen LogP contribution in [0, 0.1) is 11.8 Å².